The number of amides is 5. The molecule has 0 fully saturated rings. The molecule has 57 heavy (non-hydrogen) atoms. The number of aromatic amines is 2. The Morgan fingerprint density at radius 3 is 2.14 bits per heavy atom. The van der Waals surface area contributed by atoms with E-state index in [2.05, 4.69) is 41.5 Å². The van der Waals surface area contributed by atoms with E-state index in [1.165, 1.54) is 37.6 Å². The Morgan fingerprint density at radius 1 is 0.772 bits per heavy atom. The monoisotopic (exact) mass is 784 g/mol. The molecular formula is C38H40N8O11. The van der Waals surface area contributed by atoms with Crippen LogP contribution in [-0.4, -0.2) is 90.8 Å². The minimum atomic E-state index is -1.68. The average molecular weight is 785 g/mol. The Morgan fingerprint density at radius 2 is 1.46 bits per heavy atom. The largest absolute Gasteiger partial charge is 0.481 e. The van der Waals surface area contributed by atoms with Crippen LogP contribution in [0.3, 0.4) is 0 Å². The van der Waals surface area contributed by atoms with Crippen molar-refractivity contribution < 1.29 is 48.2 Å². The zero-order chi connectivity index (χ0) is 41.2. The molecular weight excluding hydrogens is 744 g/mol. The van der Waals surface area contributed by atoms with Crippen molar-refractivity contribution in [2.75, 3.05) is 5.32 Å². The summed E-state index contributed by atoms with van der Waals surface area (Å²) >= 11 is 0. The Bertz CT molecular complexity index is 2370. The Labute approximate surface area is 323 Å². The summed E-state index contributed by atoms with van der Waals surface area (Å²) in [5, 5.41) is 32.9. The van der Waals surface area contributed by atoms with Gasteiger partial charge in [0.15, 0.2) is 0 Å². The molecule has 19 heteroatoms. The minimum Gasteiger partial charge on any atom is -0.481 e. The fraction of sp³-hybridized carbons (Fsp3) is 0.289. The third-order valence-electron chi connectivity index (χ3n) is 8.92. The molecule has 19 nitrogen and oxygen atoms in total. The van der Waals surface area contributed by atoms with E-state index < -0.39 is 90.5 Å². The molecule has 5 aromatic rings. The number of carboxylic acids is 2. The van der Waals surface area contributed by atoms with Gasteiger partial charge < -0.3 is 51.2 Å². The number of carbonyl (C=O) groups excluding carboxylic acids is 5. The van der Waals surface area contributed by atoms with Gasteiger partial charge in [-0.2, -0.15) is 0 Å². The van der Waals surface area contributed by atoms with Crippen LogP contribution in [0.15, 0.2) is 76.5 Å². The van der Waals surface area contributed by atoms with Crippen molar-refractivity contribution in [2.45, 2.75) is 70.1 Å². The van der Waals surface area contributed by atoms with Crippen LogP contribution in [0.5, 0.6) is 0 Å². The summed E-state index contributed by atoms with van der Waals surface area (Å²) in [5.74, 6) is -7.00. The van der Waals surface area contributed by atoms with E-state index in [0.717, 1.165) is 10.9 Å². The Kier molecular flexibility index (Phi) is 13.2. The van der Waals surface area contributed by atoms with Gasteiger partial charge in [0.1, 0.15) is 29.8 Å². The standard InChI is InChI=1S/C38H40N8O11/c1-19-11-34(52)57-31-14-22(7-8-24(19)31)43-36(54)30(15-33(50)51)46-38(56)29(13-23-17-39-18-41-23)45-35(53)27(9-10-32(48)49)44-37(55)28(42-20(2)47)12-21-16-40-26-6-4-3-5-25(21)26/h3-8,11,14,16-18,27-30,40H,9-10,12-13,15H2,1-2H3,(H,39,41)(H,42,47)(H,43,54)(H,44,55)(H,45,53)(H,46,56)(H,48,49)(H,50,51). The van der Waals surface area contributed by atoms with Crippen LogP contribution in [0.2, 0.25) is 0 Å². The highest BCUT2D eigenvalue weighted by Crippen LogP contribution is 2.22. The average Bonchev–Trinajstić information content (AvgIpc) is 3.81. The molecule has 0 spiro atoms. The molecule has 0 saturated heterocycles. The number of rotatable bonds is 18. The van der Waals surface area contributed by atoms with E-state index in [-0.39, 0.29) is 24.1 Å². The summed E-state index contributed by atoms with van der Waals surface area (Å²) in [7, 11) is 0. The maximum Gasteiger partial charge on any atom is 0.336 e. The summed E-state index contributed by atoms with van der Waals surface area (Å²) in [6, 6.07) is 7.13. The van der Waals surface area contributed by atoms with Gasteiger partial charge in [0.25, 0.3) is 0 Å². The van der Waals surface area contributed by atoms with Crippen LogP contribution in [0.4, 0.5) is 5.69 Å². The molecule has 0 saturated carbocycles. The van der Waals surface area contributed by atoms with Crippen LogP contribution in [0.1, 0.15) is 43.0 Å². The number of anilines is 1. The number of hydrogen-bond acceptors (Lipinski definition) is 10. The highest BCUT2D eigenvalue weighted by Gasteiger charge is 2.33. The minimum absolute atomic E-state index is 0.00781. The van der Waals surface area contributed by atoms with Crippen molar-refractivity contribution in [3.05, 3.63) is 94.5 Å². The molecule has 4 atom stereocenters. The highest BCUT2D eigenvalue weighted by atomic mass is 16.4. The number of carboxylic acid groups (broad SMARTS) is 2. The van der Waals surface area contributed by atoms with Gasteiger partial charge in [-0.15, -0.1) is 0 Å². The maximum absolute atomic E-state index is 13.8. The molecule has 3 aromatic heterocycles. The number of nitrogens with one attached hydrogen (secondary N) is 7. The molecule has 9 N–H and O–H groups in total. The zero-order valence-corrected chi connectivity index (χ0v) is 30.7. The van der Waals surface area contributed by atoms with Crippen molar-refractivity contribution in [1.82, 2.24) is 36.2 Å². The van der Waals surface area contributed by atoms with Crippen LogP contribution < -0.4 is 32.2 Å². The van der Waals surface area contributed by atoms with Gasteiger partial charge in [-0.25, -0.2) is 9.78 Å². The molecule has 5 amide bonds. The molecule has 3 heterocycles. The maximum atomic E-state index is 13.8. The van der Waals surface area contributed by atoms with Crippen LogP contribution in [0, 0.1) is 6.92 Å². The van der Waals surface area contributed by atoms with Gasteiger partial charge in [0.05, 0.1) is 12.7 Å². The van der Waals surface area contributed by atoms with Gasteiger partial charge in [-0.1, -0.05) is 18.2 Å². The summed E-state index contributed by atoms with van der Waals surface area (Å²) in [6.45, 7) is 2.91. The number of carbonyl (C=O) groups is 7. The molecule has 4 unspecified atom stereocenters. The molecule has 2 aromatic carbocycles. The molecule has 0 aliphatic heterocycles. The van der Waals surface area contributed by atoms with Gasteiger partial charge in [0, 0.05) is 78.4 Å². The van der Waals surface area contributed by atoms with E-state index in [1.54, 1.807) is 25.3 Å². The van der Waals surface area contributed by atoms with E-state index in [4.69, 9.17) is 4.42 Å². The SMILES string of the molecule is CC(=O)NC(Cc1c[nH]c2ccccc12)C(=O)NC(CCC(=O)O)C(=O)NC(Cc1cnc[nH]1)C(=O)NC(CC(=O)O)C(=O)Nc1ccc2c(C)cc(=O)oc2c1. The number of hydrogen-bond donors (Lipinski definition) is 9. The van der Waals surface area contributed by atoms with E-state index in [0.29, 0.717) is 22.2 Å². The topological polar surface area (TPSA) is 295 Å². The molecule has 0 bridgehead atoms. The number of aryl methyl sites for hydroxylation is 1. The highest BCUT2D eigenvalue weighted by molar-refractivity contribution is 6.01. The van der Waals surface area contributed by atoms with Crippen molar-refractivity contribution in [2.24, 2.45) is 0 Å². The number of imidazole rings is 1. The number of para-hydroxylation sites is 1. The first kappa shape index (κ1) is 40.9. The van der Waals surface area contributed by atoms with Gasteiger partial charge in [-0.05, 0) is 42.7 Å². The zero-order valence-electron chi connectivity index (χ0n) is 30.7. The number of H-pyrrole nitrogens is 2. The third kappa shape index (κ3) is 11.1. The van der Waals surface area contributed by atoms with Crippen molar-refractivity contribution >= 4 is 69.0 Å². The van der Waals surface area contributed by atoms with Gasteiger partial charge in [0.2, 0.25) is 29.5 Å². The number of aromatic nitrogens is 3. The quantitative estimate of drug-likeness (QED) is 0.0563. The summed E-state index contributed by atoms with van der Waals surface area (Å²) < 4.78 is 5.22. The summed E-state index contributed by atoms with van der Waals surface area (Å²) in [5.41, 5.74) is 2.12. The molecule has 5 rings (SSSR count). The van der Waals surface area contributed by atoms with Crippen molar-refractivity contribution in [3.63, 3.8) is 0 Å². The first-order valence-corrected chi connectivity index (χ1v) is 17.7. The predicted octanol–water partition coefficient (Wildman–Crippen LogP) is 1.03. The number of aliphatic carboxylic acids is 2. The lowest BCUT2D eigenvalue weighted by Crippen LogP contribution is -2.58. The Hall–Kier alpha value is -7.31. The van der Waals surface area contributed by atoms with Gasteiger partial charge in [-0.3, -0.25) is 33.6 Å². The first-order valence-electron chi connectivity index (χ1n) is 17.7. The fourth-order valence-corrected chi connectivity index (χ4v) is 6.17. The second-order valence-electron chi connectivity index (χ2n) is 13.3. The lowest BCUT2D eigenvalue weighted by Gasteiger charge is -2.26. The summed E-state index contributed by atoms with van der Waals surface area (Å²) in [4.78, 5) is 112. The molecule has 0 aliphatic carbocycles. The predicted molar refractivity (Wildman–Crippen MR) is 203 cm³/mol. The van der Waals surface area contributed by atoms with Crippen molar-refractivity contribution in [1.29, 1.82) is 0 Å². The van der Waals surface area contributed by atoms with Crippen LogP contribution in [0.25, 0.3) is 21.9 Å². The van der Waals surface area contributed by atoms with E-state index >= 15 is 0 Å². The number of benzene rings is 2. The van der Waals surface area contributed by atoms with E-state index in [1.807, 2.05) is 18.2 Å². The fourth-order valence-electron chi connectivity index (χ4n) is 6.17. The molecule has 0 radical (unpaired) electrons. The van der Waals surface area contributed by atoms with Crippen LogP contribution >= 0.6 is 0 Å². The smallest absolute Gasteiger partial charge is 0.336 e. The normalized spacial score (nSPS) is 13.2. The third-order valence-corrected chi connectivity index (χ3v) is 8.92. The second-order valence-corrected chi connectivity index (χ2v) is 13.3. The molecule has 298 valence electrons. The van der Waals surface area contributed by atoms with Gasteiger partial charge >= 0.3 is 17.6 Å². The van der Waals surface area contributed by atoms with Crippen LogP contribution in [-0.2, 0) is 46.4 Å². The second kappa shape index (κ2) is 18.3. The molecule has 0 aliphatic rings. The number of fused-ring (bicyclic) bond motifs is 2. The number of nitrogens with zero attached hydrogens (tertiary/aromatic N) is 1. The Balaban J connectivity index is 1.35. The first-order chi connectivity index (χ1) is 27.2. The summed E-state index contributed by atoms with van der Waals surface area (Å²) in [6.07, 6.45) is 2.25. The van der Waals surface area contributed by atoms with Crippen molar-refractivity contribution in [3.8, 4) is 0 Å². The lowest BCUT2D eigenvalue weighted by molar-refractivity contribution is -0.140. The van der Waals surface area contributed by atoms with E-state index in [9.17, 15) is 48.6 Å². The lowest BCUT2D eigenvalue weighted by atomic mass is 10.0.